The van der Waals surface area contributed by atoms with Crippen LogP contribution in [0.4, 0.5) is 4.39 Å². The average molecular weight is 307 g/mol. The van der Waals surface area contributed by atoms with Gasteiger partial charge in [0, 0.05) is 11.7 Å². The van der Waals surface area contributed by atoms with Crippen molar-refractivity contribution in [1.82, 2.24) is 10.3 Å². The van der Waals surface area contributed by atoms with Gasteiger partial charge in [0.25, 0.3) is 5.91 Å². The van der Waals surface area contributed by atoms with Crippen LogP contribution in [0.25, 0.3) is 11.1 Å². The minimum Gasteiger partial charge on any atom is -0.347 e. The summed E-state index contributed by atoms with van der Waals surface area (Å²) in [7, 11) is 0. The maximum Gasteiger partial charge on any atom is 0.253 e. The summed E-state index contributed by atoms with van der Waals surface area (Å²) in [5, 5.41) is 3.16. The Morgan fingerprint density at radius 2 is 1.86 bits per heavy atom. The lowest BCUT2D eigenvalue weighted by molar-refractivity contribution is 0.0920. The quantitative estimate of drug-likeness (QED) is 0.850. The third-order valence-electron chi connectivity index (χ3n) is 2.76. The predicted molar refractivity (Wildman–Crippen MR) is 81.9 cm³/mol. The number of hydrogen-bond donors (Lipinski definition) is 1. The number of nitrogens with one attached hydrogen (secondary N) is 1. The molecule has 0 saturated carbocycles. The van der Waals surface area contributed by atoms with E-state index in [4.69, 9.17) is 11.6 Å². The lowest BCUT2D eigenvalue weighted by Gasteiger charge is -2.21. The van der Waals surface area contributed by atoms with Gasteiger partial charge in [-0.15, -0.1) is 0 Å². The summed E-state index contributed by atoms with van der Waals surface area (Å²) in [6.07, 6.45) is 1.43. The van der Waals surface area contributed by atoms with Crippen LogP contribution in [0.2, 0.25) is 5.15 Å². The van der Waals surface area contributed by atoms with Crippen molar-refractivity contribution in [2.45, 2.75) is 26.3 Å². The number of amides is 1. The Bertz CT molecular complexity index is 663. The Labute approximate surface area is 128 Å². The molecule has 2 rings (SSSR count). The molecule has 0 radical (unpaired) electrons. The lowest BCUT2D eigenvalue weighted by atomic mass is 10.00. The maximum atomic E-state index is 13.0. The van der Waals surface area contributed by atoms with Crippen molar-refractivity contribution in [3.05, 3.63) is 53.1 Å². The van der Waals surface area contributed by atoms with Gasteiger partial charge in [0.05, 0.1) is 5.56 Å². The van der Waals surface area contributed by atoms with Crippen molar-refractivity contribution in [2.24, 2.45) is 0 Å². The number of hydrogen-bond acceptors (Lipinski definition) is 2. The van der Waals surface area contributed by atoms with Gasteiger partial charge in [0.1, 0.15) is 11.0 Å². The number of carbonyl (C=O) groups excluding carboxylic acids is 1. The van der Waals surface area contributed by atoms with E-state index in [0.29, 0.717) is 16.7 Å². The SMILES string of the molecule is CC(C)(C)NC(=O)c1cnc(Cl)cc1-c1ccc(F)cc1. The highest BCUT2D eigenvalue weighted by Gasteiger charge is 2.19. The molecule has 1 N–H and O–H groups in total. The Kier molecular flexibility index (Phi) is 4.28. The molecule has 0 aliphatic rings. The number of halogens is 2. The number of rotatable bonds is 2. The fraction of sp³-hybridized carbons (Fsp3) is 0.250. The highest BCUT2D eigenvalue weighted by Crippen LogP contribution is 2.26. The predicted octanol–water partition coefficient (Wildman–Crippen LogP) is 4.07. The minimum atomic E-state index is -0.364. The molecule has 0 aliphatic carbocycles. The topological polar surface area (TPSA) is 42.0 Å². The molecule has 1 heterocycles. The number of benzene rings is 1. The van der Waals surface area contributed by atoms with Gasteiger partial charge in [0.15, 0.2) is 0 Å². The summed E-state index contributed by atoms with van der Waals surface area (Å²) < 4.78 is 13.0. The van der Waals surface area contributed by atoms with Gasteiger partial charge in [-0.1, -0.05) is 23.7 Å². The van der Waals surface area contributed by atoms with Crippen molar-refractivity contribution in [2.75, 3.05) is 0 Å². The standard InChI is InChI=1S/C16H16ClFN2O/c1-16(2,3)20-15(21)13-9-19-14(17)8-12(13)10-4-6-11(18)7-5-10/h4-9H,1-3H3,(H,20,21). The van der Waals surface area contributed by atoms with E-state index in [9.17, 15) is 9.18 Å². The number of nitrogens with zero attached hydrogens (tertiary/aromatic N) is 1. The van der Waals surface area contributed by atoms with Gasteiger partial charge in [-0.25, -0.2) is 9.37 Å². The first kappa shape index (κ1) is 15.4. The molecule has 2 aromatic rings. The number of pyridine rings is 1. The molecule has 0 spiro atoms. The molecule has 0 aliphatic heterocycles. The molecule has 0 fully saturated rings. The van der Waals surface area contributed by atoms with Gasteiger partial charge in [-0.3, -0.25) is 4.79 Å². The largest absolute Gasteiger partial charge is 0.347 e. The summed E-state index contributed by atoms with van der Waals surface area (Å²) in [5.41, 5.74) is 1.37. The van der Waals surface area contributed by atoms with E-state index >= 15 is 0 Å². The van der Waals surface area contributed by atoms with Crippen molar-refractivity contribution >= 4 is 17.5 Å². The fourth-order valence-corrected chi connectivity index (χ4v) is 2.04. The van der Waals surface area contributed by atoms with Crippen LogP contribution >= 0.6 is 11.6 Å². The van der Waals surface area contributed by atoms with Gasteiger partial charge in [0.2, 0.25) is 0 Å². The molecule has 5 heteroatoms. The third kappa shape index (κ3) is 4.02. The summed E-state index contributed by atoms with van der Waals surface area (Å²) >= 11 is 5.92. The normalized spacial score (nSPS) is 11.3. The Morgan fingerprint density at radius 1 is 1.24 bits per heavy atom. The molecular weight excluding hydrogens is 291 g/mol. The molecule has 1 aromatic carbocycles. The van der Waals surface area contributed by atoms with E-state index in [1.54, 1.807) is 18.2 Å². The first-order valence-electron chi connectivity index (χ1n) is 6.50. The van der Waals surface area contributed by atoms with E-state index < -0.39 is 0 Å². The van der Waals surface area contributed by atoms with Gasteiger partial charge >= 0.3 is 0 Å². The summed E-state index contributed by atoms with van der Waals surface area (Å²) in [6.45, 7) is 5.68. The maximum absolute atomic E-state index is 13.0. The lowest BCUT2D eigenvalue weighted by Crippen LogP contribution is -2.40. The fourth-order valence-electron chi connectivity index (χ4n) is 1.89. The average Bonchev–Trinajstić information content (AvgIpc) is 2.37. The highest BCUT2D eigenvalue weighted by atomic mass is 35.5. The van der Waals surface area contributed by atoms with Crippen molar-refractivity contribution < 1.29 is 9.18 Å². The van der Waals surface area contributed by atoms with E-state index in [1.165, 1.54) is 18.3 Å². The number of aromatic nitrogens is 1. The minimum absolute atomic E-state index is 0.244. The van der Waals surface area contributed by atoms with Crippen LogP contribution in [0.15, 0.2) is 36.5 Å². The zero-order chi connectivity index (χ0) is 15.6. The van der Waals surface area contributed by atoms with Crippen LogP contribution in [0.5, 0.6) is 0 Å². The zero-order valence-corrected chi connectivity index (χ0v) is 12.8. The summed E-state index contributed by atoms with van der Waals surface area (Å²) in [4.78, 5) is 16.3. The van der Waals surface area contributed by atoms with E-state index in [2.05, 4.69) is 10.3 Å². The second kappa shape index (κ2) is 5.82. The molecule has 110 valence electrons. The molecule has 1 amide bonds. The molecule has 3 nitrogen and oxygen atoms in total. The van der Waals surface area contributed by atoms with E-state index in [-0.39, 0.29) is 22.4 Å². The molecule has 0 saturated heterocycles. The van der Waals surface area contributed by atoms with Crippen LogP contribution in [0.1, 0.15) is 31.1 Å². The highest BCUT2D eigenvalue weighted by molar-refractivity contribution is 6.29. The van der Waals surface area contributed by atoms with Gasteiger partial charge in [-0.05, 0) is 50.1 Å². The monoisotopic (exact) mass is 306 g/mol. The number of carbonyl (C=O) groups is 1. The van der Waals surface area contributed by atoms with Crippen molar-refractivity contribution in [3.63, 3.8) is 0 Å². The Hall–Kier alpha value is -1.94. The van der Waals surface area contributed by atoms with Crippen molar-refractivity contribution in [1.29, 1.82) is 0 Å². The molecule has 0 atom stereocenters. The molecule has 21 heavy (non-hydrogen) atoms. The van der Waals surface area contributed by atoms with Gasteiger partial charge in [-0.2, -0.15) is 0 Å². The summed E-state index contributed by atoms with van der Waals surface area (Å²) in [5.74, 6) is -0.578. The second-order valence-electron chi connectivity index (χ2n) is 5.76. The van der Waals surface area contributed by atoms with E-state index in [1.807, 2.05) is 20.8 Å². The third-order valence-corrected chi connectivity index (χ3v) is 2.97. The molecule has 1 aromatic heterocycles. The smallest absolute Gasteiger partial charge is 0.253 e. The zero-order valence-electron chi connectivity index (χ0n) is 12.1. The Morgan fingerprint density at radius 3 is 2.43 bits per heavy atom. The summed E-state index contributed by atoms with van der Waals surface area (Å²) in [6, 6.07) is 7.50. The van der Waals surface area contributed by atoms with Crippen LogP contribution < -0.4 is 5.32 Å². The van der Waals surface area contributed by atoms with Crippen LogP contribution in [0, 0.1) is 5.82 Å². The molecule has 0 bridgehead atoms. The first-order valence-corrected chi connectivity index (χ1v) is 6.88. The Balaban J connectivity index is 2.47. The van der Waals surface area contributed by atoms with E-state index in [0.717, 1.165) is 0 Å². The molecule has 0 unspecified atom stereocenters. The van der Waals surface area contributed by atoms with Crippen LogP contribution in [-0.2, 0) is 0 Å². The van der Waals surface area contributed by atoms with Crippen LogP contribution in [-0.4, -0.2) is 16.4 Å². The van der Waals surface area contributed by atoms with Gasteiger partial charge < -0.3 is 5.32 Å². The second-order valence-corrected chi connectivity index (χ2v) is 6.15. The first-order chi connectivity index (χ1) is 9.76. The van der Waals surface area contributed by atoms with Crippen molar-refractivity contribution in [3.8, 4) is 11.1 Å². The molecular formula is C16H16ClFN2O. The van der Waals surface area contributed by atoms with Crippen LogP contribution in [0.3, 0.4) is 0 Å².